The number of halogens is 2. The Balaban J connectivity index is 3.02. The first-order valence-electron chi connectivity index (χ1n) is 3.13. The molecule has 0 aliphatic carbocycles. The minimum absolute atomic E-state index is 0.0468. The average Bonchev–Trinajstić information content (AvgIpc) is 2.45. The van der Waals surface area contributed by atoms with Crippen LogP contribution < -0.4 is 4.74 Å². The summed E-state index contributed by atoms with van der Waals surface area (Å²) in [6.45, 7) is 0. The van der Waals surface area contributed by atoms with Gasteiger partial charge in [0.15, 0.2) is 0 Å². The summed E-state index contributed by atoms with van der Waals surface area (Å²) in [6.07, 6.45) is -2.14. The van der Waals surface area contributed by atoms with Gasteiger partial charge < -0.3 is 9.84 Å². The summed E-state index contributed by atoms with van der Waals surface area (Å²) in [6, 6.07) is 0. The molecule has 1 unspecified atom stereocenters. The van der Waals surface area contributed by atoms with E-state index in [1.165, 1.54) is 7.11 Å². The molecule has 0 aliphatic rings. The zero-order valence-electron chi connectivity index (χ0n) is 6.45. The van der Waals surface area contributed by atoms with Crippen molar-refractivity contribution in [1.82, 2.24) is 4.37 Å². The van der Waals surface area contributed by atoms with E-state index in [4.69, 9.17) is 16.7 Å². The molecule has 0 aromatic carbocycles. The number of carboxylic acid groups (broad SMARTS) is 1. The van der Waals surface area contributed by atoms with Crippen LogP contribution in [0.4, 0.5) is 4.39 Å². The number of ether oxygens (including phenoxy) is 1. The Hall–Kier alpha value is -0.880. The van der Waals surface area contributed by atoms with Crippen LogP contribution >= 0.6 is 23.1 Å². The van der Waals surface area contributed by atoms with Gasteiger partial charge in [-0.1, -0.05) is 11.6 Å². The van der Waals surface area contributed by atoms with E-state index in [2.05, 4.69) is 9.11 Å². The van der Waals surface area contributed by atoms with Gasteiger partial charge in [-0.15, -0.1) is 0 Å². The molecule has 13 heavy (non-hydrogen) atoms. The van der Waals surface area contributed by atoms with E-state index < -0.39 is 12.1 Å². The van der Waals surface area contributed by atoms with E-state index in [9.17, 15) is 9.18 Å². The molecule has 1 heterocycles. The van der Waals surface area contributed by atoms with Crippen LogP contribution in [0.1, 0.15) is 11.0 Å². The number of alkyl halides is 1. The van der Waals surface area contributed by atoms with E-state index in [1.54, 1.807) is 0 Å². The number of hydrogen-bond acceptors (Lipinski definition) is 4. The smallest absolute Gasteiger partial charge is 0.344 e. The Morgan fingerprint density at radius 3 is 2.85 bits per heavy atom. The summed E-state index contributed by atoms with van der Waals surface area (Å²) in [4.78, 5) is 10.1. The van der Waals surface area contributed by atoms with Crippen LogP contribution in [0.5, 0.6) is 5.88 Å². The molecule has 1 N–H and O–H groups in total. The molecular weight excluding hydrogens is 221 g/mol. The number of rotatable bonds is 3. The Labute approximate surface area is 82.1 Å². The molecule has 1 aromatic heterocycles. The van der Waals surface area contributed by atoms with Gasteiger partial charge in [-0.3, -0.25) is 0 Å². The van der Waals surface area contributed by atoms with Gasteiger partial charge in [-0.05, 0) is 11.5 Å². The molecule has 0 spiro atoms. The molecule has 7 heteroatoms. The van der Waals surface area contributed by atoms with Crippen molar-refractivity contribution < 1.29 is 19.0 Å². The zero-order chi connectivity index (χ0) is 10.0. The van der Waals surface area contributed by atoms with Crippen molar-refractivity contribution in [2.45, 2.75) is 6.17 Å². The van der Waals surface area contributed by atoms with Crippen molar-refractivity contribution in [1.29, 1.82) is 0 Å². The summed E-state index contributed by atoms with van der Waals surface area (Å²) < 4.78 is 21.2. The van der Waals surface area contributed by atoms with Gasteiger partial charge in [0, 0.05) is 0 Å². The van der Waals surface area contributed by atoms with Crippen LogP contribution in [0.15, 0.2) is 0 Å². The third-order valence-electron chi connectivity index (χ3n) is 1.27. The molecule has 0 bridgehead atoms. The van der Waals surface area contributed by atoms with Crippen LogP contribution in [0.3, 0.4) is 0 Å². The molecular formula is C6H5ClFNO3S. The van der Waals surface area contributed by atoms with Crippen molar-refractivity contribution in [2.24, 2.45) is 0 Å². The van der Waals surface area contributed by atoms with Gasteiger partial charge in [0.2, 0.25) is 12.1 Å². The average molecular weight is 226 g/mol. The number of aliphatic carboxylic acids is 1. The van der Waals surface area contributed by atoms with Crippen LogP contribution in [0.2, 0.25) is 5.02 Å². The van der Waals surface area contributed by atoms with E-state index in [0.717, 1.165) is 0 Å². The Morgan fingerprint density at radius 2 is 2.46 bits per heavy atom. The number of nitrogens with zero attached hydrogens (tertiary/aromatic N) is 1. The van der Waals surface area contributed by atoms with Gasteiger partial charge in [0.05, 0.1) is 12.0 Å². The van der Waals surface area contributed by atoms with Crippen LogP contribution in [0.25, 0.3) is 0 Å². The zero-order valence-corrected chi connectivity index (χ0v) is 8.02. The maximum Gasteiger partial charge on any atom is 0.344 e. The second-order valence-electron chi connectivity index (χ2n) is 2.07. The molecule has 1 atom stereocenters. The predicted molar refractivity (Wildman–Crippen MR) is 45.2 cm³/mol. The van der Waals surface area contributed by atoms with Crippen molar-refractivity contribution in [3.05, 3.63) is 9.90 Å². The Morgan fingerprint density at radius 1 is 1.85 bits per heavy atom. The van der Waals surface area contributed by atoms with Gasteiger partial charge in [0.25, 0.3) is 0 Å². The fraction of sp³-hybridized carbons (Fsp3) is 0.333. The van der Waals surface area contributed by atoms with E-state index in [1.807, 2.05) is 0 Å². The molecule has 72 valence electrons. The second kappa shape index (κ2) is 3.89. The highest BCUT2D eigenvalue weighted by molar-refractivity contribution is 7.06. The van der Waals surface area contributed by atoms with E-state index in [-0.39, 0.29) is 15.8 Å². The highest BCUT2D eigenvalue weighted by Crippen LogP contribution is 2.36. The summed E-state index contributed by atoms with van der Waals surface area (Å²) >= 11 is 6.26. The first-order chi connectivity index (χ1) is 6.07. The van der Waals surface area contributed by atoms with Crippen molar-refractivity contribution in [3.8, 4) is 5.88 Å². The summed E-state index contributed by atoms with van der Waals surface area (Å²) in [5, 5.41) is 8.27. The highest BCUT2D eigenvalue weighted by Gasteiger charge is 2.26. The quantitative estimate of drug-likeness (QED) is 0.854. The molecule has 0 fully saturated rings. The predicted octanol–water partition coefficient (Wildman–Crippen LogP) is 1.90. The minimum atomic E-state index is -2.14. The Kier molecular flexibility index (Phi) is 3.05. The summed E-state index contributed by atoms with van der Waals surface area (Å²) in [5.74, 6) is -1.54. The van der Waals surface area contributed by atoms with Crippen molar-refractivity contribution in [3.63, 3.8) is 0 Å². The number of carbonyl (C=O) groups is 1. The number of methoxy groups -OCH3 is 1. The summed E-state index contributed by atoms with van der Waals surface area (Å²) in [7, 11) is 1.32. The maximum absolute atomic E-state index is 12.9. The van der Waals surface area contributed by atoms with Gasteiger partial charge in [-0.2, -0.15) is 4.37 Å². The van der Waals surface area contributed by atoms with Crippen LogP contribution in [-0.2, 0) is 4.79 Å². The normalized spacial score (nSPS) is 12.5. The lowest BCUT2D eigenvalue weighted by molar-refractivity contribution is -0.142. The largest absolute Gasteiger partial charge is 0.479 e. The molecule has 4 nitrogen and oxygen atoms in total. The van der Waals surface area contributed by atoms with Crippen LogP contribution in [-0.4, -0.2) is 22.6 Å². The van der Waals surface area contributed by atoms with E-state index >= 15 is 0 Å². The molecule has 0 radical (unpaired) electrons. The van der Waals surface area contributed by atoms with E-state index in [0.29, 0.717) is 11.5 Å². The van der Waals surface area contributed by atoms with Crippen molar-refractivity contribution in [2.75, 3.05) is 7.11 Å². The standard InChI is InChI=1S/C6H5ClFNO3S/c1-12-5-2(7)4(13-9-5)3(8)6(10)11/h3H,1H3,(H,10,11). The number of aromatic nitrogens is 1. The maximum atomic E-state index is 12.9. The third kappa shape index (κ3) is 1.89. The molecule has 0 aliphatic heterocycles. The monoisotopic (exact) mass is 225 g/mol. The van der Waals surface area contributed by atoms with Gasteiger partial charge in [0.1, 0.15) is 5.02 Å². The van der Waals surface area contributed by atoms with Crippen LogP contribution in [0, 0.1) is 0 Å². The lowest BCUT2D eigenvalue weighted by atomic mass is 10.3. The van der Waals surface area contributed by atoms with Gasteiger partial charge in [-0.25, -0.2) is 9.18 Å². The molecule has 0 saturated heterocycles. The highest BCUT2D eigenvalue weighted by atomic mass is 35.5. The van der Waals surface area contributed by atoms with Gasteiger partial charge >= 0.3 is 5.97 Å². The lowest BCUT2D eigenvalue weighted by Crippen LogP contribution is -2.04. The SMILES string of the molecule is COc1nsc(C(F)C(=O)O)c1Cl. The molecule has 1 rings (SSSR count). The lowest BCUT2D eigenvalue weighted by Gasteiger charge is -1.98. The molecule has 0 saturated carbocycles. The minimum Gasteiger partial charge on any atom is -0.479 e. The second-order valence-corrected chi connectivity index (χ2v) is 3.25. The third-order valence-corrected chi connectivity index (χ3v) is 2.61. The summed E-state index contributed by atoms with van der Waals surface area (Å²) in [5.41, 5.74) is 0. The Bertz CT molecular complexity index is 330. The van der Waals surface area contributed by atoms with Crippen molar-refractivity contribution >= 4 is 29.1 Å². The fourth-order valence-electron chi connectivity index (χ4n) is 0.673. The first kappa shape index (κ1) is 10.2. The number of carboxylic acids is 1. The first-order valence-corrected chi connectivity index (χ1v) is 4.29. The molecule has 0 amide bonds. The molecule has 1 aromatic rings. The number of hydrogen-bond donors (Lipinski definition) is 1. The topological polar surface area (TPSA) is 59.4 Å². The fourth-order valence-corrected chi connectivity index (χ4v) is 1.75.